The molecule has 3 aromatic rings. The highest BCUT2D eigenvalue weighted by Crippen LogP contribution is 2.32. The van der Waals surface area contributed by atoms with Crippen LogP contribution in [0.4, 0.5) is 5.13 Å². The molecule has 10 heteroatoms. The van der Waals surface area contributed by atoms with E-state index in [2.05, 4.69) is 11.1 Å². The van der Waals surface area contributed by atoms with Gasteiger partial charge >= 0.3 is 0 Å². The molecule has 3 rings (SSSR count). The number of anilines is 1. The minimum Gasteiger partial charge on any atom is -0.497 e. The number of hydrogen-bond donors (Lipinski definition) is 0. The fourth-order valence-electron chi connectivity index (χ4n) is 3.02. The average Bonchev–Trinajstić information content (AvgIpc) is 3.20. The zero-order valence-corrected chi connectivity index (χ0v) is 21.0. The van der Waals surface area contributed by atoms with Crippen molar-refractivity contribution in [3.8, 4) is 5.75 Å². The largest absolute Gasteiger partial charge is 0.497 e. The SMILES string of the molecule is COc1ccc(S(=O)(=O)CCC(=O)N(CCN(C)C)c2nc3ccc(SC)cc3s2)cc1. The fourth-order valence-corrected chi connectivity index (χ4v) is 5.81. The quantitative estimate of drug-likeness (QED) is 0.398. The number of methoxy groups -OCH3 is 1. The lowest BCUT2D eigenvalue weighted by Gasteiger charge is -2.22. The molecule has 0 aliphatic carbocycles. The molecule has 0 atom stereocenters. The second kappa shape index (κ2) is 10.7. The van der Waals surface area contributed by atoms with E-state index in [1.165, 1.54) is 30.6 Å². The number of likely N-dealkylation sites (N-methyl/N-ethyl adjacent to an activating group) is 1. The smallest absolute Gasteiger partial charge is 0.229 e. The maximum atomic E-state index is 13.1. The fraction of sp³-hybridized carbons (Fsp3) is 0.364. The van der Waals surface area contributed by atoms with Crippen molar-refractivity contribution in [3.05, 3.63) is 42.5 Å². The molecular formula is C22H27N3O4S3. The Labute approximate surface area is 197 Å². The minimum atomic E-state index is -3.59. The molecule has 0 spiro atoms. The zero-order chi connectivity index (χ0) is 23.3. The zero-order valence-electron chi connectivity index (χ0n) is 18.6. The van der Waals surface area contributed by atoms with Gasteiger partial charge in [-0.25, -0.2) is 13.4 Å². The van der Waals surface area contributed by atoms with Crippen LogP contribution in [0.3, 0.4) is 0 Å². The van der Waals surface area contributed by atoms with Gasteiger partial charge in [-0.05, 0) is 62.8 Å². The molecule has 2 aromatic carbocycles. The van der Waals surface area contributed by atoms with Gasteiger partial charge in [-0.15, -0.1) is 11.8 Å². The molecule has 7 nitrogen and oxygen atoms in total. The number of sulfone groups is 1. The molecule has 32 heavy (non-hydrogen) atoms. The molecule has 0 saturated heterocycles. The number of ether oxygens (including phenoxy) is 1. The van der Waals surface area contributed by atoms with Gasteiger partial charge in [-0.1, -0.05) is 11.3 Å². The van der Waals surface area contributed by atoms with Crippen LogP contribution in [0.25, 0.3) is 10.2 Å². The van der Waals surface area contributed by atoms with Gasteiger partial charge in [-0.2, -0.15) is 0 Å². The molecule has 0 unspecified atom stereocenters. The average molecular weight is 494 g/mol. The number of amides is 1. The normalized spacial score (nSPS) is 11.8. The van der Waals surface area contributed by atoms with Crippen LogP contribution in [0.5, 0.6) is 5.75 Å². The van der Waals surface area contributed by atoms with Gasteiger partial charge in [0.2, 0.25) is 5.91 Å². The van der Waals surface area contributed by atoms with Crippen LogP contribution >= 0.6 is 23.1 Å². The van der Waals surface area contributed by atoms with Gasteiger partial charge in [0.25, 0.3) is 0 Å². The monoisotopic (exact) mass is 493 g/mol. The summed E-state index contributed by atoms with van der Waals surface area (Å²) in [6, 6.07) is 12.2. The lowest BCUT2D eigenvalue weighted by atomic mass is 10.3. The van der Waals surface area contributed by atoms with Crippen LogP contribution in [-0.4, -0.2) is 70.5 Å². The van der Waals surface area contributed by atoms with Crippen molar-refractivity contribution in [3.63, 3.8) is 0 Å². The van der Waals surface area contributed by atoms with E-state index in [4.69, 9.17) is 4.74 Å². The molecule has 0 N–H and O–H groups in total. The number of rotatable bonds is 10. The Balaban J connectivity index is 1.79. The first kappa shape index (κ1) is 24.5. The maximum absolute atomic E-state index is 13.1. The summed E-state index contributed by atoms with van der Waals surface area (Å²) in [6.07, 6.45) is 1.90. The van der Waals surface area contributed by atoms with Crippen LogP contribution in [0.15, 0.2) is 52.3 Å². The number of hydrogen-bond acceptors (Lipinski definition) is 8. The Morgan fingerprint density at radius 3 is 2.47 bits per heavy atom. The van der Waals surface area contributed by atoms with E-state index in [0.717, 1.165) is 15.1 Å². The summed E-state index contributed by atoms with van der Waals surface area (Å²) >= 11 is 3.10. The molecule has 1 amide bonds. The molecule has 0 bridgehead atoms. The van der Waals surface area contributed by atoms with Crippen molar-refractivity contribution in [2.45, 2.75) is 16.2 Å². The van der Waals surface area contributed by atoms with E-state index in [1.807, 2.05) is 37.4 Å². The Morgan fingerprint density at radius 2 is 1.84 bits per heavy atom. The van der Waals surface area contributed by atoms with Gasteiger partial charge in [0.1, 0.15) is 5.75 Å². The number of thiazole rings is 1. The first-order valence-electron chi connectivity index (χ1n) is 10.00. The summed E-state index contributed by atoms with van der Waals surface area (Å²) in [5.41, 5.74) is 0.830. The maximum Gasteiger partial charge on any atom is 0.229 e. The van der Waals surface area contributed by atoms with Crippen LogP contribution in [0.2, 0.25) is 0 Å². The molecule has 0 radical (unpaired) electrons. The summed E-state index contributed by atoms with van der Waals surface area (Å²) in [5.74, 6) is 0.0569. The number of benzene rings is 2. The number of carbonyl (C=O) groups excluding carboxylic acids is 1. The topological polar surface area (TPSA) is 79.8 Å². The second-order valence-electron chi connectivity index (χ2n) is 7.42. The number of aromatic nitrogens is 1. The Kier molecular flexibility index (Phi) is 8.16. The molecule has 0 aliphatic rings. The Morgan fingerprint density at radius 1 is 1.12 bits per heavy atom. The van der Waals surface area contributed by atoms with Crippen molar-refractivity contribution in [2.24, 2.45) is 0 Å². The second-order valence-corrected chi connectivity index (χ2v) is 11.4. The summed E-state index contributed by atoms with van der Waals surface area (Å²) < 4.78 is 31.6. The van der Waals surface area contributed by atoms with E-state index >= 15 is 0 Å². The predicted octanol–water partition coefficient (Wildman–Crippen LogP) is 3.79. The van der Waals surface area contributed by atoms with Gasteiger partial charge in [0.15, 0.2) is 15.0 Å². The first-order chi connectivity index (χ1) is 15.2. The van der Waals surface area contributed by atoms with E-state index in [1.54, 1.807) is 28.8 Å². The first-order valence-corrected chi connectivity index (χ1v) is 13.7. The number of nitrogens with zero attached hydrogens (tertiary/aromatic N) is 3. The van der Waals surface area contributed by atoms with Crippen LogP contribution in [0, 0.1) is 0 Å². The lowest BCUT2D eigenvalue weighted by molar-refractivity contribution is -0.118. The third-order valence-electron chi connectivity index (χ3n) is 4.89. The molecule has 0 aliphatic heterocycles. The molecule has 1 aromatic heterocycles. The number of thioether (sulfide) groups is 1. The summed E-state index contributed by atoms with van der Waals surface area (Å²) in [6.45, 7) is 1.08. The van der Waals surface area contributed by atoms with Crippen molar-refractivity contribution in [2.75, 3.05) is 51.2 Å². The highest BCUT2D eigenvalue weighted by atomic mass is 32.2. The summed E-state index contributed by atoms with van der Waals surface area (Å²) in [5, 5.41) is 0.590. The molecule has 0 saturated carbocycles. The van der Waals surface area contributed by atoms with E-state index in [0.29, 0.717) is 24.0 Å². The van der Waals surface area contributed by atoms with Crippen molar-refractivity contribution in [1.82, 2.24) is 9.88 Å². The number of carbonyl (C=O) groups is 1. The van der Waals surface area contributed by atoms with Crippen molar-refractivity contribution < 1.29 is 17.9 Å². The highest BCUT2D eigenvalue weighted by Gasteiger charge is 2.23. The van der Waals surface area contributed by atoms with E-state index < -0.39 is 9.84 Å². The van der Waals surface area contributed by atoms with E-state index in [9.17, 15) is 13.2 Å². The standard InChI is InChI=1S/C22H27N3O4S3/c1-24(2)12-13-25(22-23-19-10-7-17(30-4)15-20(19)31-22)21(26)11-14-32(27,28)18-8-5-16(29-3)6-9-18/h5-10,15H,11-14H2,1-4H3. The summed E-state index contributed by atoms with van der Waals surface area (Å²) in [7, 11) is 1.79. The van der Waals surface area contributed by atoms with E-state index in [-0.39, 0.29) is 23.0 Å². The Bertz CT molecular complexity index is 1170. The molecule has 172 valence electrons. The van der Waals surface area contributed by atoms with Crippen molar-refractivity contribution in [1.29, 1.82) is 0 Å². The molecular weight excluding hydrogens is 466 g/mol. The number of fused-ring (bicyclic) bond motifs is 1. The van der Waals surface area contributed by atoms with Gasteiger partial charge in [0.05, 0.1) is 28.0 Å². The van der Waals surface area contributed by atoms with Crippen molar-refractivity contribution >= 4 is 54.2 Å². The van der Waals surface area contributed by atoms with Gasteiger partial charge < -0.3 is 9.64 Å². The van der Waals surface area contributed by atoms with Gasteiger partial charge in [0, 0.05) is 24.4 Å². The van der Waals surface area contributed by atoms with Crippen LogP contribution in [0.1, 0.15) is 6.42 Å². The highest BCUT2D eigenvalue weighted by molar-refractivity contribution is 7.98. The lowest BCUT2D eigenvalue weighted by Crippen LogP contribution is -2.37. The molecule has 0 fully saturated rings. The third kappa shape index (κ3) is 6.00. The predicted molar refractivity (Wildman–Crippen MR) is 132 cm³/mol. The van der Waals surface area contributed by atoms with Gasteiger partial charge in [-0.3, -0.25) is 9.69 Å². The minimum absolute atomic E-state index is 0.117. The molecule has 1 heterocycles. The van der Waals surface area contributed by atoms with Crippen LogP contribution < -0.4 is 9.64 Å². The summed E-state index contributed by atoms with van der Waals surface area (Å²) in [4.78, 5) is 22.7. The van der Waals surface area contributed by atoms with Crippen LogP contribution in [-0.2, 0) is 14.6 Å². The third-order valence-corrected chi connectivity index (χ3v) is 8.39. The Hall–Kier alpha value is -2.14.